The van der Waals surface area contributed by atoms with Gasteiger partial charge in [-0.05, 0) is 0 Å². The fraction of sp³-hybridized carbons (Fsp3) is 0.667. The third kappa shape index (κ3) is 3.54. The SMILES string of the molecule is N=C(CN)N=C(CO)C(N)CN. The third-order valence-corrected chi connectivity index (χ3v) is 1.32. The molecular formula is C6H15N5O. The second kappa shape index (κ2) is 5.78. The highest BCUT2D eigenvalue weighted by Gasteiger charge is 2.08. The van der Waals surface area contributed by atoms with Gasteiger partial charge in [0.05, 0.1) is 24.9 Å². The van der Waals surface area contributed by atoms with E-state index >= 15 is 0 Å². The standard InChI is InChI=1S/C6H15N5O/c7-1-4(9)5(3-12)11-6(10)2-8/h4,10,12H,1-3,7-9H2. The molecule has 0 amide bonds. The molecule has 0 aliphatic carbocycles. The smallest absolute Gasteiger partial charge is 0.134 e. The lowest BCUT2D eigenvalue weighted by atomic mass is 10.2. The lowest BCUT2D eigenvalue weighted by Crippen LogP contribution is -2.40. The van der Waals surface area contributed by atoms with Crippen LogP contribution in [0.4, 0.5) is 0 Å². The van der Waals surface area contributed by atoms with Gasteiger partial charge in [0.25, 0.3) is 0 Å². The zero-order valence-corrected chi connectivity index (χ0v) is 6.83. The van der Waals surface area contributed by atoms with Gasteiger partial charge in [0.15, 0.2) is 0 Å². The third-order valence-electron chi connectivity index (χ3n) is 1.32. The Labute approximate surface area is 71.0 Å². The number of amidine groups is 1. The van der Waals surface area contributed by atoms with Gasteiger partial charge in [0.2, 0.25) is 0 Å². The molecule has 0 spiro atoms. The summed E-state index contributed by atoms with van der Waals surface area (Å²) in [7, 11) is 0. The van der Waals surface area contributed by atoms with Crippen molar-refractivity contribution < 1.29 is 5.11 Å². The van der Waals surface area contributed by atoms with Crippen molar-refractivity contribution in [2.24, 2.45) is 22.2 Å². The van der Waals surface area contributed by atoms with Crippen molar-refractivity contribution in [3.05, 3.63) is 0 Å². The first-order chi connectivity index (χ1) is 5.65. The molecule has 70 valence electrons. The first-order valence-corrected chi connectivity index (χ1v) is 3.57. The van der Waals surface area contributed by atoms with Crippen LogP contribution < -0.4 is 17.2 Å². The average Bonchev–Trinajstić information content (AvgIpc) is 2.12. The molecule has 0 bridgehead atoms. The van der Waals surface area contributed by atoms with E-state index in [4.69, 9.17) is 27.7 Å². The summed E-state index contributed by atoms with van der Waals surface area (Å²) in [5.41, 5.74) is 16.2. The van der Waals surface area contributed by atoms with Crippen LogP contribution in [-0.2, 0) is 0 Å². The lowest BCUT2D eigenvalue weighted by Gasteiger charge is -2.09. The van der Waals surface area contributed by atoms with Gasteiger partial charge in [-0.25, -0.2) is 4.99 Å². The maximum Gasteiger partial charge on any atom is 0.134 e. The van der Waals surface area contributed by atoms with E-state index in [1.807, 2.05) is 0 Å². The number of nitrogens with one attached hydrogen (secondary N) is 1. The number of aliphatic imine (C=N–C) groups is 1. The molecule has 0 radical (unpaired) electrons. The van der Waals surface area contributed by atoms with Crippen molar-refractivity contribution in [3.8, 4) is 0 Å². The summed E-state index contributed by atoms with van der Waals surface area (Å²) < 4.78 is 0. The molecule has 6 nitrogen and oxygen atoms in total. The summed E-state index contributed by atoms with van der Waals surface area (Å²) in [5, 5.41) is 15.9. The van der Waals surface area contributed by atoms with Gasteiger partial charge in [-0.3, -0.25) is 5.41 Å². The quantitative estimate of drug-likeness (QED) is 0.240. The summed E-state index contributed by atoms with van der Waals surface area (Å²) in [6, 6.07) is -0.498. The van der Waals surface area contributed by atoms with Crippen LogP contribution in [0.15, 0.2) is 4.99 Å². The Hall–Kier alpha value is -0.820. The van der Waals surface area contributed by atoms with E-state index in [1.54, 1.807) is 0 Å². The van der Waals surface area contributed by atoms with Crippen LogP contribution in [0.2, 0.25) is 0 Å². The monoisotopic (exact) mass is 173 g/mol. The lowest BCUT2D eigenvalue weighted by molar-refractivity contribution is 0.353. The maximum atomic E-state index is 8.77. The van der Waals surface area contributed by atoms with Crippen molar-refractivity contribution in [1.29, 1.82) is 5.41 Å². The number of aliphatic hydroxyl groups is 1. The van der Waals surface area contributed by atoms with Crippen molar-refractivity contribution in [3.63, 3.8) is 0 Å². The zero-order chi connectivity index (χ0) is 9.56. The van der Waals surface area contributed by atoms with Crippen LogP contribution in [0, 0.1) is 5.41 Å². The predicted octanol–water partition coefficient (Wildman–Crippen LogP) is -2.36. The zero-order valence-electron chi connectivity index (χ0n) is 6.83. The average molecular weight is 173 g/mol. The highest BCUT2D eigenvalue weighted by atomic mass is 16.3. The number of hydrogen-bond donors (Lipinski definition) is 5. The van der Waals surface area contributed by atoms with Gasteiger partial charge in [0, 0.05) is 6.54 Å². The van der Waals surface area contributed by atoms with E-state index in [0.29, 0.717) is 5.71 Å². The fourth-order valence-electron chi connectivity index (χ4n) is 0.591. The van der Waals surface area contributed by atoms with Crippen LogP contribution in [-0.4, -0.2) is 42.4 Å². The molecule has 1 unspecified atom stereocenters. The summed E-state index contributed by atoms with van der Waals surface area (Å²) in [6.45, 7) is -0.0707. The molecule has 0 heterocycles. The minimum Gasteiger partial charge on any atom is -0.390 e. The Kier molecular flexibility index (Phi) is 5.39. The first-order valence-electron chi connectivity index (χ1n) is 3.57. The highest BCUT2D eigenvalue weighted by Crippen LogP contribution is 1.85. The van der Waals surface area contributed by atoms with Gasteiger partial charge in [-0.2, -0.15) is 0 Å². The molecule has 0 aromatic rings. The van der Waals surface area contributed by atoms with Gasteiger partial charge < -0.3 is 22.3 Å². The molecule has 0 aliphatic rings. The van der Waals surface area contributed by atoms with E-state index in [1.165, 1.54) is 0 Å². The topological polar surface area (TPSA) is 134 Å². The number of nitrogens with zero attached hydrogens (tertiary/aromatic N) is 1. The maximum absolute atomic E-state index is 8.77. The second-order valence-electron chi connectivity index (χ2n) is 2.25. The first kappa shape index (κ1) is 11.2. The molecule has 0 aliphatic heterocycles. The van der Waals surface area contributed by atoms with Crippen molar-refractivity contribution in [2.45, 2.75) is 6.04 Å². The van der Waals surface area contributed by atoms with E-state index in [2.05, 4.69) is 4.99 Å². The second-order valence-corrected chi connectivity index (χ2v) is 2.25. The Morgan fingerprint density at radius 2 is 2.08 bits per heavy atom. The minimum absolute atomic E-state index is 0.0112. The molecule has 0 saturated heterocycles. The normalized spacial score (nSPS) is 14.5. The number of hydrogen-bond acceptors (Lipinski definition) is 5. The molecule has 8 N–H and O–H groups in total. The Bertz CT molecular complexity index is 179. The number of nitrogens with two attached hydrogens (primary N) is 3. The summed E-state index contributed by atoms with van der Waals surface area (Å²) in [4.78, 5) is 3.70. The van der Waals surface area contributed by atoms with Crippen molar-refractivity contribution >= 4 is 11.5 Å². The summed E-state index contributed by atoms with van der Waals surface area (Å²) in [6.07, 6.45) is 0. The van der Waals surface area contributed by atoms with Crippen LogP contribution in [0.3, 0.4) is 0 Å². The molecule has 0 aromatic carbocycles. The van der Waals surface area contributed by atoms with E-state index in [-0.39, 0.29) is 25.5 Å². The molecule has 0 rings (SSSR count). The minimum atomic E-state index is -0.498. The van der Waals surface area contributed by atoms with Crippen LogP contribution in [0.5, 0.6) is 0 Å². The Morgan fingerprint density at radius 3 is 2.42 bits per heavy atom. The molecule has 0 fully saturated rings. The van der Waals surface area contributed by atoms with Crippen LogP contribution in [0.25, 0.3) is 0 Å². The van der Waals surface area contributed by atoms with Gasteiger partial charge >= 0.3 is 0 Å². The number of rotatable bonds is 4. The molecule has 0 saturated carbocycles. The van der Waals surface area contributed by atoms with Gasteiger partial charge in [0.1, 0.15) is 5.84 Å². The van der Waals surface area contributed by atoms with E-state index in [0.717, 1.165) is 0 Å². The Balaban J connectivity index is 4.31. The number of aliphatic hydroxyl groups excluding tert-OH is 1. The molecule has 1 atom stereocenters. The van der Waals surface area contributed by atoms with E-state index in [9.17, 15) is 0 Å². The molecule has 0 aromatic heterocycles. The summed E-state index contributed by atoms with van der Waals surface area (Å²) >= 11 is 0. The van der Waals surface area contributed by atoms with Gasteiger partial charge in [-0.15, -0.1) is 0 Å². The van der Waals surface area contributed by atoms with E-state index < -0.39 is 6.04 Å². The van der Waals surface area contributed by atoms with Crippen molar-refractivity contribution in [1.82, 2.24) is 0 Å². The van der Waals surface area contributed by atoms with Crippen molar-refractivity contribution in [2.75, 3.05) is 19.7 Å². The summed E-state index contributed by atoms with van der Waals surface area (Å²) in [5.74, 6) is -0.0112. The fourth-order valence-corrected chi connectivity index (χ4v) is 0.591. The van der Waals surface area contributed by atoms with Crippen LogP contribution >= 0.6 is 0 Å². The van der Waals surface area contributed by atoms with Crippen LogP contribution in [0.1, 0.15) is 0 Å². The highest BCUT2D eigenvalue weighted by molar-refractivity contribution is 6.00. The molecule has 6 heteroatoms. The largest absolute Gasteiger partial charge is 0.390 e. The molecular weight excluding hydrogens is 158 g/mol. The molecule has 12 heavy (non-hydrogen) atoms. The van der Waals surface area contributed by atoms with Gasteiger partial charge in [-0.1, -0.05) is 0 Å². The Morgan fingerprint density at radius 1 is 1.50 bits per heavy atom. The predicted molar refractivity (Wildman–Crippen MR) is 48.3 cm³/mol.